The molecular weight excluding hydrogens is 532 g/mol. The number of likely N-dealkylation sites (N-methyl/N-ethyl adjacent to an activating group) is 1. The van der Waals surface area contributed by atoms with E-state index in [1.165, 1.54) is 15.5 Å². The molecule has 11 nitrogen and oxygen atoms in total. The first kappa shape index (κ1) is 30.0. The smallest absolute Gasteiger partial charge is 0.335 e. The van der Waals surface area contributed by atoms with Gasteiger partial charge < -0.3 is 20.7 Å². The molecule has 42 heavy (non-hydrogen) atoms. The largest absolute Gasteiger partial charge is 0.457 e. The van der Waals surface area contributed by atoms with Gasteiger partial charge in [-0.1, -0.05) is 32.0 Å². The molecule has 0 spiro atoms. The Morgan fingerprint density at radius 3 is 2.33 bits per heavy atom. The molecule has 11 heteroatoms. The van der Waals surface area contributed by atoms with Gasteiger partial charge in [0.05, 0.1) is 5.69 Å². The normalized spacial score (nSPS) is 12.4. The third-order valence-corrected chi connectivity index (χ3v) is 7.14. The molecule has 0 bridgehead atoms. The fourth-order valence-electron chi connectivity index (χ4n) is 4.30. The average Bonchev–Trinajstić information content (AvgIpc) is 3.23. The standard InChI is InChI=1S/C31H36N8O3/c1-30(2,18-34-28(40)21(17-32)16-31(3,4)37(5)6)19-38-27-25(26(33)35-20-36-27)39(29(38)41)22-12-14-24(15-13-22)42-23-10-8-7-9-11-23/h7-16,20H,18-19H2,1-6H3,(H,34,40)(H2,33,35,36)/b21-16+. The molecule has 0 unspecified atom stereocenters. The van der Waals surface area contributed by atoms with Gasteiger partial charge in [0.2, 0.25) is 0 Å². The molecule has 0 saturated carbocycles. The maximum atomic E-state index is 13.8. The number of aromatic nitrogens is 4. The van der Waals surface area contributed by atoms with Crippen LogP contribution in [-0.2, 0) is 11.3 Å². The van der Waals surface area contributed by atoms with Gasteiger partial charge in [0, 0.05) is 24.0 Å². The van der Waals surface area contributed by atoms with Gasteiger partial charge in [-0.2, -0.15) is 5.26 Å². The Kier molecular flexibility index (Phi) is 8.49. The minimum absolute atomic E-state index is 0.0264. The first-order chi connectivity index (χ1) is 19.8. The van der Waals surface area contributed by atoms with Crippen molar-refractivity contribution in [1.29, 1.82) is 5.26 Å². The summed E-state index contributed by atoms with van der Waals surface area (Å²) in [7, 11) is 3.76. The van der Waals surface area contributed by atoms with Crippen molar-refractivity contribution >= 4 is 22.9 Å². The minimum Gasteiger partial charge on any atom is -0.457 e. The van der Waals surface area contributed by atoms with Crippen LogP contribution in [-0.4, -0.2) is 56.1 Å². The average molecular weight is 569 g/mol. The molecule has 1 amide bonds. The van der Waals surface area contributed by atoms with E-state index in [1.807, 2.05) is 83.1 Å². The van der Waals surface area contributed by atoms with E-state index in [2.05, 4.69) is 15.3 Å². The van der Waals surface area contributed by atoms with Crippen LogP contribution < -0.4 is 21.5 Å². The number of hydrogen-bond acceptors (Lipinski definition) is 8. The quantitative estimate of drug-likeness (QED) is 0.217. The van der Waals surface area contributed by atoms with Crippen molar-refractivity contribution in [2.75, 3.05) is 26.4 Å². The highest BCUT2D eigenvalue weighted by molar-refractivity contribution is 5.97. The lowest BCUT2D eigenvalue weighted by Crippen LogP contribution is -2.40. The predicted octanol–water partition coefficient (Wildman–Crippen LogP) is 3.89. The van der Waals surface area contributed by atoms with Crippen LogP contribution in [0.4, 0.5) is 5.82 Å². The van der Waals surface area contributed by atoms with Crippen LogP contribution in [0.5, 0.6) is 11.5 Å². The summed E-state index contributed by atoms with van der Waals surface area (Å²) in [6.45, 7) is 8.10. The lowest BCUT2D eigenvalue weighted by atomic mass is 9.93. The SMILES string of the molecule is CN(C)C(C)(C)/C=C(\C#N)C(=O)NCC(C)(C)Cn1c(=O)n(-c2ccc(Oc3ccccc3)cc2)c2c(N)ncnc21. The van der Waals surface area contributed by atoms with Gasteiger partial charge in [-0.05, 0) is 70.4 Å². The van der Waals surface area contributed by atoms with Crippen molar-refractivity contribution in [3.63, 3.8) is 0 Å². The van der Waals surface area contributed by atoms with Gasteiger partial charge in [-0.3, -0.25) is 13.9 Å². The summed E-state index contributed by atoms with van der Waals surface area (Å²) < 4.78 is 8.90. The van der Waals surface area contributed by atoms with Gasteiger partial charge in [0.1, 0.15) is 35.0 Å². The zero-order valence-corrected chi connectivity index (χ0v) is 24.8. The van der Waals surface area contributed by atoms with Crippen molar-refractivity contribution in [1.82, 2.24) is 29.3 Å². The number of para-hydroxylation sites is 1. The highest BCUT2D eigenvalue weighted by Crippen LogP contribution is 2.26. The van der Waals surface area contributed by atoms with Crippen molar-refractivity contribution < 1.29 is 9.53 Å². The van der Waals surface area contributed by atoms with Crippen LogP contribution in [0.1, 0.15) is 27.7 Å². The molecule has 0 aliphatic carbocycles. The molecule has 0 saturated heterocycles. The molecule has 2 aromatic heterocycles. The number of nitrogens with two attached hydrogens (primary N) is 1. The number of carbonyl (C=O) groups is 1. The Hall–Kier alpha value is -4.95. The maximum Gasteiger partial charge on any atom is 0.335 e. The molecule has 2 heterocycles. The highest BCUT2D eigenvalue weighted by atomic mass is 16.5. The zero-order valence-electron chi connectivity index (χ0n) is 24.8. The van der Waals surface area contributed by atoms with E-state index in [-0.39, 0.29) is 30.2 Å². The summed E-state index contributed by atoms with van der Waals surface area (Å²) in [6, 6.07) is 18.5. The number of amides is 1. The second-order valence-electron chi connectivity index (χ2n) is 11.6. The summed E-state index contributed by atoms with van der Waals surface area (Å²) in [5.41, 5.74) is 6.18. The molecule has 0 aliphatic heterocycles. The number of carbonyl (C=O) groups excluding carboxylic acids is 1. The van der Waals surface area contributed by atoms with Gasteiger partial charge >= 0.3 is 5.69 Å². The second-order valence-corrected chi connectivity index (χ2v) is 11.6. The number of nitrogens with one attached hydrogen (secondary N) is 1. The fraction of sp³-hybridized carbons (Fsp3) is 0.323. The van der Waals surface area contributed by atoms with Crippen molar-refractivity contribution in [2.45, 2.75) is 39.8 Å². The van der Waals surface area contributed by atoms with Crippen LogP contribution in [0.2, 0.25) is 0 Å². The Morgan fingerprint density at radius 2 is 1.71 bits per heavy atom. The van der Waals surface area contributed by atoms with E-state index in [4.69, 9.17) is 10.5 Å². The first-order valence-corrected chi connectivity index (χ1v) is 13.5. The number of nitrogens with zero attached hydrogens (tertiary/aromatic N) is 6. The fourth-order valence-corrected chi connectivity index (χ4v) is 4.30. The Morgan fingerprint density at radius 1 is 1.07 bits per heavy atom. The number of rotatable bonds is 10. The number of nitriles is 1. The number of imidazole rings is 1. The molecule has 0 radical (unpaired) electrons. The van der Waals surface area contributed by atoms with Crippen molar-refractivity contribution in [3.8, 4) is 23.3 Å². The van der Waals surface area contributed by atoms with Crippen molar-refractivity contribution in [3.05, 3.63) is 83.1 Å². The second kappa shape index (κ2) is 11.9. The van der Waals surface area contributed by atoms with Crippen molar-refractivity contribution in [2.24, 2.45) is 5.41 Å². The molecule has 0 aliphatic rings. The number of fused-ring (bicyclic) bond motifs is 1. The third-order valence-electron chi connectivity index (χ3n) is 7.14. The number of nitrogen functional groups attached to an aromatic ring is 1. The molecule has 0 fully saturated rings. The third kappa shape index (κ3) is 6.50. The molecule has 3 N–H and O–H groups in total. The Bertz CT molecular complexity index is 1710. The molecule has 0 atom stereocenters. The Labute approximate surface area is 244 Å². The monoisotopic (exact) mass is 568 g/mol. The summed E-state index contributed by atoms with van der Waals surface area (Å²) in [4.78, 5) is 37.1. The summed E-state index contributed by atoms with van der Waals surface area (Å²) in [5, 5.41) is 12.5. The lowest BCUT2D eigenvalue weighted by Gasteiger charge is -2.29. The predicted molar refractivity (Wildman–Crippen MR) is 162 cm³/mol. The van der Waals surface area contributed by atoms with Crippen LogP contribution in [0.15, 0.2) is 77.4 Å². The van der Waals surface area contributed by atoms with Crippen LogP contribution in [0.25, 0.3) is 16.9 Å². The van der Waals surface area contributed by atoms with Crippen LogP contribution in [0, 0.1) is 16.7 Å². The van der Waals surface area contributed by atoms with Crippen LogP contribution >= 0.6 is 0 Å². The number of hydrogen-bond donors (Lipinski definition) is 2. The highest BCUT2D eigenvalue weighted by Gasteiger charge is 2.27. The minimum atomic E-state index is -0.594. The van der Waals surface area contributed by atoms with E-state index in [9.17, 15) is 14.9 Å². The van der Waals surface area contributed by atoms with E-state index < -0.39 is 16.9 Å². The van der Waals surface area contributed by atoms with Gasteiger partial charge in [0.25, 0.3) is 5.91 Å². The summed E-state index contributed by atoms with van der Waals surface area (Å²) in [6.07, 6.45) is 2.96. The topological polar surface area (TPSA) is 144 Å². The van der Waals surface area contributed by atoms with Crippen LogP contribution in [0.3, 0.4) is 0 Å². The molecule has 4 rings (SSSR count). The molecular formula is C31H36N8O3. The van der Waals surface area contributed by atoms with E-state index in [0.717, 1.165) is 0 Å². The lowest BCUT2D eigenvalue weighted by molar-refractivity contribution is -0.117. The van der Waals surface area contributed by atoms with E-state index in [0.29, 0.717) is 28.4 Å². The number of benzene rings is 2. The first-order valence-electron chi connectivity index (χ1n) is 13.5. The zero-order chi connectivity index (χ0) is 30.7. The van der Waals surface area contributed by atoms with Gasteiger partial charge in [-0.25, -0.2) is 14.8 Å². The molecule has 218 valence electrons. The number of anilines is 1. The molecule has 2 aromatic carbocycles. The summed E-state index contributed by atoms with van der Waals surface area (Å²) in [5.74, 6) is 1.01. The van der Waals surface area contributed by atoms with Gasteiger partial charge in [0.15, 0.2) is 11.5 Å². The van der Waals surface area contributed by atoms with E-state index in [1.54, 1.807) is 30.3 Å². The maximum absolute atomic E-state index is 13.8. The summed E-state index contributed by atoms with van der Waals surface area (Å²) >= 11 is 0. The Balaban J connectivity index is 1.61. The number of ether oxygens (including phenoxy) is 1. The van der Waals surface area contributed by atoms with Gasteiger partial charge in [-0.15, -0.1) is 0 Å². The molecule has 4 aromatic rings. The van der Waals surface area contributed by atoms with E-state index >= 15 is 0 Å².